The Hall–Kier alpha value is -2.54. The lowest BCUT2D eigenvalue weighted by Crippen LogP contribution is -2.17. The highest BCUT2D eigenvalue weighted by atomic mass is 32.2. The van der Waals surface area contributed by atoms with Gasteiger partial charge in [-0.25, -0.2) is 13.2 Å². The van der Waals surface area contributed by atoms with E-state index in [1.54, 1.807) is 51.3 Å². The van der Waals surface area contributed by atoms with Crippen molar-refractivity contribution in [3.63, 3.8) is 0 Å². The summed E-state index contributed by atoms with van der Waals surface area (Å²) in [6, 6.07) is 8.18. The predicted octanol–water partition coefficient (Wildman–Crippen LogP) is 4.02. The van der Waals surface area contributed by atoms with Crippen molar-refractivity contribution in [3.8, 4) is 5.75 Å². The van der Waals surface area contributed by atoms with Crippen molar-refractivity contribution in [1.29, 1.82) is 0 Å². The van der Waals surface area contributed by atoms with E-state index in [0.29, 0.717) is 28.1 Å². The molecule has 0 aliphatic carbocycles. The van der Waals surface area contributed by atoms with Gasteiger partial charge in [-0.05, 0) is 60.7 Å². The summed E-state index contributed by atoms with van der Waals surface area (Å²) in [5, 5.41) is 0. The number of benzene rings is 2. The Balaban J connectivity index is 2.52. The molecule has 0 saturated carbocycles. The minimum absolute atomic E-state index is 0.0962. The molecule has 2 aromatic carbocycles. The Kier molecular flexibility index (Phi) is 6.15. The van der Waals surface area contributed by atoms with Crippen LogP contribution in [0.15, 0.2) is 35.2 Å². The van der Waals surface area contributed by atoms with Crippen molar-refractivity contribution in [2.24, 2.45) is 0 Å². The van der Waals surface area contributed by atoms with E-state index in [1.165, 1.54) is 7.11 Å². The third-order valence-electron chi connectivity index (χ3n) is 4.42. The topological polar surface area (TPSA) is 81.7 Å². The number of hydrogen-bond donors (Lipinski definition) is 1. The van der Waals surface area contributed by atoms with Crippen molar-refractivity contribution in [2.75, 3.05) is 18.9 Å². The van der Waals surface area contributed by atoms with Gasteiger partial charge in [-0.2, -0.15) is 0 Å². The summed E-state index contributed by atoms with van der Waals surface area (Å²) < 4.78 is 38.8. The first-order valence-corrected chi connectivity index (χ1v) is 10.00. The SMILES string of the molecule is COC(=O)c1cccc(NS(=O)(=O)c2cc(C(C)C)c(OC)cc2C)c1C. The van der Waals surface area contributed by atoms with Crippen molar-refractivity contribution in [2.45, 2.75) is 38.5 Å². The van der Waals surface area contributed by atoms with Crippen LogP contribution in [0.4, 0.5) is 5.69 Å². The van der Waals surface area contributed by atoms with E-state index in [9.17, 15) is 13.2 Å². The second-order valence-electron chi connectivity index (χ2n) is 6.59. The van der Waals surface area contributed by atoms with Gasteiger partial charge in [-0.1, -0.05) is 19.9 Å². The molecule has 0 bridgehead atoms. The van der Waals surface area contributed by atoms with Gasteiger partial charge in [0, 0.05) is 0 Å². The number of carbonyl (C=O) groups excluding carboxylic acids is 1. The van der Waals surface area contributed by atoms with Crippen molar-refractivity contribution in [1.82, 2.24) is 0 Å². The van der Waals surface area contributed by atoms with Gasteiger partial charge in [0.2, 0.25) is 0 Å². The average Bonchev–Trinajstić information content (AvgIpc) is 2.61. The molecule has 0 aliphatic rings. The number of rotatable bonds is 6. The summed E-state index contributed by atoms with van der Waals surface area (Å²) in [6.07, 6.45) is 0. The quantitative estimate of drug-likeness (QED) is 0.752. The highest BCUT2D eigenvalue weighted by Crippen LogP contribution is 2.32. The van der Waals surface area contributed by atoms with Crippen LogP contribution in [0.3, 0.4) is 0 Å². The Bertz CT molecular complexity index is 965. The van der Waals surface area contributed by atoms with E-state index in [1.807, 2.05) is 13.8 Å². The molecule has 146 valence electrons. The molecule has 0 saturated heterocycles. The fraction of sp³-hybridized carbons (Fsp3) is 0.350. The molecule has 2 rings (SSSR count). The summed E-state index contributed by atoms with van der Waals surface area (Å²) in [4.78, 5) is 12.0. The molecule has 0 aromatic heterocycles. The predicted molar refractivity (Wildman–Crippen MR) is 105 cm³/mol. The van der Waals surface area contributed by atoms with Crippen molar-refractivity contribution in [3.05, 3.63) is 52.6 Å². The van der Waals surface area contributed by atoms with Crippen LogP contribution >= 0.6 is 0 Å². The number of methoxy groups -OCH3 is 2. The summed E-state index contributed by atoms with van der Waals surface area (Å²) in [5.74, 6) is 0.237. The maximum atomic E-state index is 13.0. The Morgan fingerprint density at radius 1 is 1.11 bits per heavy atom. The molecule has 6 nitrogen and oxygen atoms in total. The van der Waals surface area contributed by atoms with Crippen LogP contribution in [0.2, 0.25) is 0 Å². The lowest BCUT2D eigenvalue weighted by atomic mass is 10.0. The molecule has 0 aliphatic heterocycles. The summed E-state index contributed by atoms with van der Waals surface area (Å²) in [6.45, 7) is 7.34. The lowest BCUT2D eigenvalue weighted by molar-refractivity contribution is 0.0600. The monoisotopic (exact) mass is 391 g/mol. The highest BCUT2D eigenvalue weighted by Gasteiger charge is 2.22. The largest absolute Gasteiger partial charge is 0.496 e. The van der Waals surface area contributed by atoms with E-state index >= 15 is 0 Å². The van der Waals surface area contributed by atoms with E-state index in [0.717, 1.165) is 5.56 Å². The van der Waals surface area contributed by atoms with Gasteiger partial charge >= 0.3 is 5.97 Å². The van der Waals surface area contributed by atoms with E-state index in [4.69, 9.17) is 9.47 Å². The maximum Gasteiger partial charge on any atom is 0.338 e. The van der Waals surface area contributed by atoms with E-state index in [2.05, 4.69) is 4.72 Å². The molecule has 27 heavy (non-hydrogen) atoms. The van der Waals surface area contributed by atoms with Gasteiger partial charge in [-0.3, -0.25) is 4.72 Å². The maximum absolute atomic E-state index is 13.0. The van der Waals surface area contributed by atoms with Crippen LogP contribution in [-0.2, 0) is 14.8 Å². The average molecular weight is 391 g/mol. The first kappa shape index (κ1) is 20.8. The zero-order valence-corrected chi connectivity index (χ0v) is 17.2. The molecule has 7 heteroatoms. The standard InChI is InChI=1S/C20H25NO5S/c1-12(2)16-11-19(13(3)10-18(16)25-5)27(23,24)21-17-9-7-8-15(14(17)4)20(22)26-6/h7-12,21H,1-6H3. The van der Waals surface area contributed by atoms with Crippen LogP contribution in [0, 0.1) is 13.8 Å². The second kappa shape index (κ2) is 8.00. The molecule has 0 amide bonds. The first-order valence-electron chi connectivity index (χ1n) is 8.51. The molecular formula is C20H25NO5S. The number of nitrogens with one attached hydrogen (secondary N) is 1. The van der Waals surface area contributed by atoms with Gasteiger partial charge < -0.3 is 9.47 Å². The molecule has 0 unspecified atom stereocenters. The van der Waals surface area contributed by atoms with Gasteiger partial charge in [0.05, 0.1) is 30.4 Å². The third kappa shape index (κ3) is 4.24. The van der Waals surface area contributed by atoms with Crippen LogP contribution in [0.5, 0.6) is 5.75 Å². The highest BCUT2D eigenvalue weighted by molar-refractivity contribution is 7.92. The Morgan fingerprint density at radius 2 is 1.78 bits per heavy atom. The van der Waals surface area contributed by atoms with Crippen molar-refractivity contribution < 1.29 is 22.7 Å². The van der Waals surface area contributed by atoms with E-state index in [-0.39, 0.29) is 10.8 Å². The zero-order valence-electron chi connectivity index (χ0n) is 16.4. The molecule has 1 N–H and O–H groups in total. The fourth-order valence-corrected chi connectivity index (χ4v) is 4.26. The van der Waals surface area contributed by atoms with Gasteiger partial charge in [0.1, 0.15) is 5.75 Å². The molecular weight excluding hydrogens is 366 g/mol. The Morgan fingerprint density at radius 3 is 2.33 bits per heavy atom. The minimum atomic E-state index is -3.85. The van der Waals surface area contributed by atoms with E-state index < -0.39 is 16.0 Å². The molecule has 0 radical (unpaired) electrons. The summed E-state index contributed by atoms with van der Waals surface area (Å²) in [5.41, 5.74) is 2.53. The fourth-order valence-electron chi connectivity index (χ4n) is 2.87. The van der Waals surface area contributed by atoms with Crippen LogP contribution in [0.1, 0.15) is 46.8 Å². The number of sulfonamides is 1. The molecule has 0 spiro atoms. The number of anilines is 1. The smallest absolute Gasteiger partial charge is 0.338 e. The minimum Gasteiger partial charge on any atom is -0.496 e. The number of ether oxygens (including phenoxy) is 2. The summed E-state index contributed by atoms with van der Waals surface area (Å²) in [7, 11) is -1.01. The van der Waals surface area contributed by atoms with Gasteiger partial charge in [-0.15, -0.1) is 0 Å². The van der Waals surface area contributed by atoms with Gasteiger partial charge in [0.15, 0.2) is 0 Å². The molecule has 0 fully saturated rings. The Labute approximate surface area is 160 Å². The number of carbonyl (C=O) groups is 1. The summed E-state index contributed by atoms with van der Waals surface area (Å²) >= 11 is 0. The first-order chi connectivity index (χ1) is 12.6. The molecule has 0 heterocycles. The number of esters is 1. The number of hydrogen-bond acceptors (Lipinski definition) is 5. The molecule has 2 aromatic rings. The zero-order chi connectivity index (χ0) is 20.4. The van der Waals surface area contributed by atoms with Crippen molar-refractivity contribution >= 4 is 21.7 Å². The van der Waals surface area contributed by atoms with Crippen LogP contribution in [0.25, 0.3) is 0 Å². The second-order valence-corrected chi connectivity index (χ2v) is 8.24. The lowest BCUT2D eigenvalue weighted by Gasteiger charge is -2.18. The molecule has 0 atom stereocenters. The third-order valence-corrected chi connectivity index (χ3v) is 5.93. The normalized spacial score (nSPS) is 11.4. The van der Waals surface area contributed by atoms with Crippen LogP contribution in [-0.4, -0.2) is 28.6 Å². The van der Waals surface area contributed by atoms with Gasteiger partial charge in [0.25, 0.3) is 10.0 Å². The van der Waals surface area contributed by atoms with Crippen LogP contribution < -0.4 is 9.46 Å². The number of aryl methyl sites for hydroxylation is 1.